The molecule has 0 saturated carbocycles. The number of nitrogens with zero attached hydrogens (tertiary/aromatic N) is 2. The normalized spacial score (nSPS) is 11.9. The minimum absolute atomic E-state index is 0.453. The van der Waals surface area contributed by atoms with Gasteiger partial charge in [-0.2, -0.15) is 18.2 Å². The second kappa shape index (κ2) is 5.05. The van der Waals surface area contributed by atoms with Gasteiger partial charge in [0.2, 0.25) is 0 Å². The molecule has 0 bridgehead atoms. The zero-order valence-electron chi connectivity index (χ0n) is 12.0. The number of fused-ring (bicyclic) bond motifs is 1. The molecular weight excluding hydrogens is 293 g/mol. The highest BCUT2D eigenvalue weighted by Gasteiger charge is 2.30. The van der Waals surface area contributed by atoms with Gasteiger partial charge in [0.05, 0.1) is 5.56 Å². The monoisotopic (exact) mass is 306 g/mol. The highest BCUT2D eigenvalue weighted by atomic mass is 19.4. The Morgan fingerprint density at radius 1 is 1.00 bits per heavy atom. The molecule has 3 nitrogen and oxygen atoms in total. The molecule has 0 atom stereocenters. The largest absolute Gasteiger partial charge is 0.423 e. The van der Waals surface area contributed by atoms with Gasteiger partial charge in [-0.3, -0.25) is 0 Å². The average Bonchev–Trinajstić information content (AvgIpc) is 2.90. The molecule has 1 aromatic heterocycles. The summed E-state index contributed by atoms with van der Waals surface area (Å²) in [6, 6.07) is 10.9. The summed E-state index contributed by atoms with van der Waals surface area (Å²) in [5.74, 6) is 0. The van der Waals surface area contributed by atoms with Crippen molar-refractivity contribution < 1.29 is 17.6 Å². The lowest BCUT2D eigenvalue weighted by molar-refractivity contribution is -0.137. The first kappa shape index (κ1) is 14.4. The molecule has 3 rings (SSSR count). The number of hydrogen-bond acceptors (Lipinski definition) is 3. The first-order chi connectivity index (χ1) is 10.4. The summed E-state index contributed by atoms with van der Waals surface area (Å²) in [4.78, 5) is 6.13. The van der Waals surface area contributed by atoms with Gasteiger partial charge in [-0.1, -0.05) is 24.3 Å². The molecule has 2 aromatic carbocycles. The number of rotatable bonds is 2. The first-order valence-corrected chi connectivity index (χ1v) is 6.61. The van der Waals surface area contributed by atoms with Gasteiger partial charge in [0.25, 0.3) is 6.01 Å². The van der Waals surface area contributed by atoms with Crippen LogP contribution in [0.2, 0.25) is 0 Å². The van der Waals surface area contributed by atoms with Gasteiger partial charge in [-0.15, -0.1) is 0 Å². The molecule has 0 aliphatic carbocycles. The summed E-state index contributed by atoms with van der Waals surface area (Å²) in [6.07, 6.45) is -4.34. The van der Waals surface area contributed by atoms with E-state index in [4.69, 9.17) is 4.42 Å². The maximum absolute atomic E-state index is 12.6. The van der Waals surface area contributed by atoms with Crippen LogP contribution in [0.3, 0.4) is 0 Å². The van der Waals surface area contributed by atoms with E-state index in [1.807, 2.05) is 20.2 Å². The Morgan fingerprint density at radius 3 is 2.27 bits per heavy atom. The van der Waals surface area contributed by atoms with Crippen molar-refractivity contribution >= 4 is 17.1 Å². The molecule has 0 amide bonds. The van der Waals surface area contributed by atoms with Crippen molar-refractivity contribution in [1.82, 2.24) is 4.98 Å². The molecule has 114 valence electrons. The summed E-state index contributed by atoms with van der Waals surface area (Å²) in [5, 5.41) is 0. The lowest BCUT2D eigenvalue weighted by atomic mass is 10.0. The van der Waals surface area contributed by atoms with Crippen LogP contribution in [0.1, 0.15) is 5.56 Å². The van der Waals surface area contributed by atoms with Crippen LogP contribution < -0.4 is 4.90 Å². The lowest BCUT2D eigenvalue weighted by Crippen LogP contribution is -2.08. The number of halogens is 3. The minimum atomic E-state index is -4.34. The Hall–Kier alpha value is -2.50. The number of oxazole rings is 1. The summed E-state index contributed by atoms with van der Waals surface area (Å²) >= 11 is 0. The quantitative estimate of drug-likeness (QED) is 0.694. The topological polar surface area (TPSA) is 29.3 Å². The van der Waals surface area contributed by atoms with Crippen LogP contribution in [0.5, 0.6) is 0 Å². The van der Waals surface area contributed by atoms with Crippen molar-refractivity contribution in [1.29, 1.82) is 0 Å². The highest BCUT2D eigenvalue weighted by molar-refractivity contribution is 5.91. The van der Waals surface area contributed by atoms with Crippen LogP contribution >= 0.6 is 0 Å². The number of aromatic nitrogens is 1. The predicted molar refractivity (Wildman–Crippen MR) is 78.8 cm³/mol. The van der Waals surface area contributed by atoms with Crippen molar-refractivity contribution in [2.75, 3.05) is 19.0 Å². The van der Waals surface area contributed by atoms with Crippen LogP contribution in [-0.2, 0) is 6.18 Å². The summed E-state index contributed by atoms with van der Waals surface area (Å²) < 4.78 is 43.5. The third-order valence-electron chi connectivity index (χ3n) is 3.31. The summed E-state index contributed by atoms with van der Waals surface area (Å²) in [5.41, 5.74) is 1.96. The summed E-state index contributed by atoms with van der Waals surface area (Å²) in [7, 11) is 3.62. The molecule has 3 aromatic rings. The predicted octanol–water partition coefficient (Wildman–Crippen LogP) is 4.58. The molecule has 0 fully saturated rings. The number of alkyl halides is 3. The molecule has 6 heteroatoms. The van der Waals surface area contributed by atoms with E-state index in [9.17, 15) is 13.2 Å². The Labute approximate surface area is 125 Å². The number of hydrogen-bond donors (Lipinski definition) is 0. The fourth-order valence-electron chi connectivity index (χ4n) is 2.20. The SMILES string of the molecule is CN(C)c1nc2c(-c3ccc(C(F)(F)F)cc3)cccc2o1. The molecule has 22 heavy (non-hydrogen) atoms. The van der Waals surface area contributed by atoms with E-state index in [1.165, 1.54) is 12.1 Å². The Kier molecular flexibility index (Phi) is 3.31. The van der Waals surface area contributed by atoms with Gasteiger partial charge in [0.1, 0.15) is 5.52 Å². The fourth-order valence-corrected chi connectivity index (χ4v) is 2.20. The van der Waals surface area contributed by atoms with Gasteiger partial charge in [0.15, 0.2) is 5.58 Å². The first-order valence-electron chi connectivity index (χ1n) is 6.61. The molecule has 0 spiro atoms. The zero-order chi connectivity index (χ0) is 15.9. The van der Waals surface area contributed by atoms with Crippen LogP contribution in [0.25, 0.3) is 22.2 Å². The number of benzene rings is 2. The van der Waals surface area contributed by atoms with E-state index in [0.717, 1.165) is 17.7 Å². The van der Waals surface area contributed by atoms with E-state index < -0.39 is 11.7 Å². The van der Waals surface area contributed by atoms with Gasteiger partial charge in [-0.25, -0.2) is 0 Å². The van der Waals surface area contributed by atoms with Crippen LogP contribution in [0.4, 0.5) is 19.2 Å². The lowest BCUT2D eigenvalue weighted by Gasteiger charge is -2.08. The van der Waals surface area contributed by atoms with Crippen molar-refractivity contribution in [2.24, 2.45) is 0 Å². The van der Waals surface area contributed by atoms with Gasteiger partial charge >= 0.3 is 6.18 Å². The van der Waals surface area contributed by atoms with Crippen LogP contribution in [0, 0.1) is 0 Å². The Bertz CT molecular complexity index is 804. The van der Waals surface area contributed by atoms with Crippen molar-refractivity contribution in [3.63, 3.8) is 0 Å². The molecule has 0 saturated heterocycles. The fraction of sp³-hybridized carbons (Fsp3) is 0.188. The number of anilines is 1. The molecule has 0 aliphatic rings. The van der Waals surface area contributed by atoms with E-state index in [-0.39, 0.29) is 0 Å². The third-order valence-corrected chi connectivity index (χ3v) is 3.31. The Morgan fingerprint density at radius 2 is 1.68 bits per heavy atom. The zero-order valence-corrected chi connectivity index (χ0v) is 12.0. The van der Waals surface area contributed by atoms with Crippen molar-refractivity contribution in [3.05, 3.63) is 48.0 Å². The van der Waals surface area contributed by atoms with Crippen molar-refractivity contribution in [3.8, 4) is 11.1 Å². The van der Waals surface area contributed by atoms with E-state index >= 15 is 0 Å². The maximum atomic E-state index is 12.6. The minimum Gasteiger partial charge on any atom is -0.423 e. The average molecular weight is 306 g/mol. The molecule has 0 N–H and O–H groups in total. The molecule has 1 heterocycles. The second-order valence-corrected chi connectivity index (χ2v) is 5.12. The van der Waals surface area contributed by atoms with E-state index in [2.05, 4.69) is 4.98 Å². The molecule has 0 aliphatic heterocycles. The second-order valence-electron chi connectivity index (χ2n) is 5.12. The molecule has 0 unspecified atom stereocenters. The standard InChI is InChI=1S/C16H13F3N2O/c1-21(2)15-20-14-12(4-3-5-13(14)22-15)10-6-8-11(9-7-10)16(17,18)19/h3-9H,1-2H3. The molecule has 0 radical (unpaired) electrons. The van der Waals surface area contributed by atoms with Crippen LogP contribution in [0.15, 0.2) is 46.9 Å². The van der Waals surface area contributed by atoms with E-state index in [1.54, 1.807) is 17.0 Å². The van der Waals surface area contributed by atoms with Crippen LogP contribution in [-0.4, -0.2) is 19.1 Å². The van der Waals surface area contributed by atoms with Gasteiger partial charge < -0.3 is 9.32 Å². The summed E-state index contributed by atoms with van der Waals surface area (Å²) in [6.45, 7) is 0. The number of para-hydroxylation sites is 1. The maximum Gasteiger partial charge on any atom is 0.416 e. The van der Waals surface area contributed by atoms with Gasteiger partial charge in [-0.05, 0) is 23.8 Å². The van der Waals surface area contributed by atoms with Gasteiger partial charge in [0, 0.05) is 19.7 Å². The molecular formula is C16H13F3N2O. The third kappa shape index (κ3) is 2.52. The van der Waals surface area contributed by atoms with E-state index in [0.29, 0.717) is 22.7 Å². The smallest absolute Gasteiger partial charge is 0.416 e. The highest BCUT2D eigenvalue weighted by Crippen LogP contribution is 2.34. The Balaban J connectivity index is 2.10. The van der Waals surface area contributed by atoms with Crippen molar-refractivity contribution in [2.45, 2.75) is 6.18 Å².